The summed E-state index contributed by atoms with van der Waals surface area (Å²) < 4.78 is 7.02. The van der Waals surface area contributed by atoms with Gasteiger partial charge in [-0.15, -0.1) is 0 Å². The van der Waals surface area contributed by atoms with E-state index in [1.165, 1.54) is 0 Å². The Morgan fingerprint density at radius 1 is 1.33 bits per heavy atom. The fourth-order valence-corrected chi connectivity index (χ4v) is 3.27. The zero-order valence-corrected chi connectivity index (χ0v) is 12.7. The van der Waals surface area contributed by atoms with Crippen molar-refractivity contribution >= 4 is 17.4 Å². The molecular weight excluding hydrogens is 290 g/mol. The van der Waals surface area contributed by atoms with Gasteiger partial charge in [0, 0.05) is 16.9 Å². The summed E-state index contributed by atoms with van der Waals surface area (Å²) in [4.78, 5) is 23.9. The Morgan fingerprint density at radius 2 is 2.00 bits per heavy atom. The third-order valence-corrected chi connectivity index (χ3v) is 4.50. The smallest absolute Gasteiger partial charge is 0.412 e. The summed E-state index contributed by atoms with van der Waals surface area (Å²) in [5, 5.41) is 0.620. The van der Waals surface area contributed by atoms with Gasteiger partial charge in [-0.3, -0.25) is 4.79 Å². The van der Waals surface area contributed by atoms with Gasteiger partial charge in [0.1, 0.15) is 11.5 Å². The largest absolute Gasteiger partial charge is 0.424 e. The highest BCUT2D eigenvalue weighted by Gasteiger charge is 2.34. The second-order valence-corrected chi connectivity index (χ2v) is 5.97. The molecule has 1 aromatic carbocycles. The number of Topliss-reactive ketones (excluding diaryl/α,β-unsaturated/α-hetero) is 1. The number of halogens is 1. The van der Waals surface area contributed by atoms with Crippen LogP contribution in [0.3, 0.4) is 0 Å². The Bertz CT molecular complexity index is 742. The zero-order valence-electron chi connectivity index (χ0n) is 11.9. The normalized spacial score (nSPS) is 21.1. The second kappa shape index (κ2) is 5.19. The maximum atomic E-state index is 12.2. The van der Waals surface area contributed by atoms with Gasteiger partial charge in [0.15, 0.2) is 0 Å². The van der Waals surface area contributed by atoms with Crippen LogP contribution >= 0.6 is 11.6 Å². The standard InChI is InChI=1S/C16H16ClNO3/c1-9-13(10(2)19)7-8-14-15(9)21-16(20)18(14)12-5-3-11(17)4-6-12/h3-6,9,13H,7-8H2,1-2H3/t9-,13-/m1/s1. The van der Waals surface area contributed by atoms with Gasteiger partial charge in [-0.05, 0) is 44.0 Å². The molecule has 1 heterocycles. The van der Waals surface area contributed by atoms with Crippen molar-refractivity contribution in [1.29, 1.82) is 0 Å². The summed E-state index contributed by atoms with van der Waals surface area (Å²) in [6, 6.07) is 7.07. The van der Waals surface area contributed by atoms with Crippen LogP contribution in [0.1, 0.15) is 37.6 Å². The number of ketones is 1. The maximum absolute atomic E-state index is 12.2. The molecule has 0 bridgehead atoms. The Hall–Kier alpha value is -1.81. The van der Waals surface area contributed by atoms with E-state index in [-0.39, 0.29) is 17.6 Å². The van der Waals surface area contributed by atoms with Crippen molar-refractivity contribution in [3.8, 4) is 5.69 Å². The van der Waals surface area contributed by atoms with E-state index in [2.05, 4.69) is 0 Å². The molecule has 1 aliphatic carbocycles. The predicted molar refractivity (Wildman–Crippen MR) is 80.2 cm³/mol. The molecule has 21 heavy (non-hydrogen) atoms. The fraction of sp³-hybridized carbons (Fsp3) is 0.375. The monoisotopic (exact) mass is 305 g/mol. The highest BCUT2D eigenvalue weighted by atomic mass is 35.5. The number of aromatic nitrogens is 1. The van der Waals surface area contributed by atoms with Crippen LogP contribution < -0.4 is 5.76 Å². The molecule has 0 spiro atoms. The Morgan fingerprint density at radius 3 is 2.62 bits per heavy atom. The lowest BCUT2D eigenvalue weighted by Gasteiger charge is -2.25. The third-order valence-electron chi connectivity index (χ3n) is 4.25. The first-order chi connectivity index (χ1) is 9.99. The molecule has 1 aliphatic rings. The number of nitrogens with zero attached hydrogens (tertiary/aromatic N) is 1. The van der Waals surface area contributed by atoms with Crippen LogP contribution in [0, 0.1) is 5.92 Å². The zero-order chi connectivity index (χ0) is 15.1. The van der Waals surface area contributed by atoms with Crippen LogP contribution in [0.5, 0.6) is 0 Å². The van der Waals surface area contributed by atoms with Gasteiger partial charge in [-0.2, -0.15) is 0 Å². The number of hydrogen-bond donors (Lipinski definition) is 0. The molecule has 5 heteroatoms. The van der Waals surface area contributed by atoms with Crippen molar-refractivity contribution < 1.29 is 9.21 Å². The first-order valence-electron chi connectivity index (χ1n) is 7.00. The molecule has 0 saturated heterocycles. The average Bonchev–Trinajstić information content (AvgIpc) is 2.77. The highest BCUT2D eigenvalue weighted by molar-refractivity contribution is 6.30. The molecule has 0 unspecified atom stereocenters. The Kier molecular flexibility index (Phi) is 3.49. The molecule has 2 aromatic rings. The summed E-state index contributed by atoms with van der Waals surface area (Å²) in [6.07, 6.45) is 1.41. The molecule has 4 nitrogen and oxygen atoms in total. The highest BCUT2D eigenvalue weighted by Crippen LogP contribution is 2.36. The van der Waals surface area contributed by atoms with Gasteiger partial charge in [-0.25, -0.2) is 9.36 Å². The first-order valence-corrected chi connectivity index (χ1v) is 7.38. The average molecular weight is 306 g/mol. The quantitative estimate of drug-likeness (QED) is 0.855. The summed E-state index contributed by atoms with van der Waals surface area (Å²) in [5.41, 5.74) is 1.61. The third kappa shape index (κ3) is 2.33. The number of rotatable bonds is 2. The van der Waals surface area contributed by atoms with Crippen LogP contribution in [-0.4, -0.2) is 10.4 Å². The fourth-order valence-electron chi connectivity index (χ4n) is 3.14. The molecule has 0 aliphatic heterocycles. The van der Waals surface area contributed by atoms with Crippen molar-refractivity contribution in [3.63, 3.8) is 0 Å². The van der Waals surface area contributed by atoms with E-state index in [1.807, 2.05) is 6.92 Å². The molecule has 0 N–H and O–H groups in total. The number of carbonyl (C=O) groups excluding carboxylic acids is 1. The number of fused-ring (bicyclic) bond motifs is 1. The molecule has 0 fully saturated rings. The maximum Gasteiger partial charge on any atom is 0.424 e. The van der Waals surface area contributed by atoms with Crippen LogP contribution in [0.25, 0.3) is 5.69 Å². The van der Waals surface area contributed by atoms with Gasteiger partial charge in [0.05, 0.1) is 11.4 Å². The van der Waals surface area contributed by atoms with Gasteiger partial charge < -0.3 is 4.42 Å². The van der Waals surface area contributed by atoms with E-state index in [0.717, 1.165) is 17.8 Å². The van der Waals surface area contributed by atoms with Crippen LogP contribution in [0.4, 0.5) is 0 Å². The lowest BCUT2D eigenvalue weighted by molar-refractivity contribution is -0.121. The SMILES string of the molecule is CC(=O)[C@@H]1CCc2c(oc(=O)n2-c2ccc(Cl)cc2)[C@@H]1C. The minimum absolute atomic E-state index is 0.0625. The summed E-state index contributed by atoms with van der Waals surface area (Å²) in [6.45, 7) is 3.54. The van der Waals surface area contributed by atoms with E-state index in [9.17, 15) is 9.59 Å². The van der Waals surface area contributed by atoms with Gasteiger partial charge in [-0.1, -0.05) is 18.5 Å². The van der Waals surface area contributed by atoms with Crippen molar-refractivity contribution in [2.45, 2.75) is 32.6 Å². The molecule has 110 valence electrons. The molecular formula is C16H16ClNO3. The summed E-state index contributed by atoms with van der Waals surface area (Å²) in [5.74, 6) is 0.254. The van der Waals surface area contributed by atoms with Crippen LogP contribution in [-0.2, 0) is 11.2 Å². The molecule has 2 atom stereocenters. The Balaban J connectivity index is 2.10. The van der Waals surface area contributed by atoms with Crippen LogP contribution in [0.2, 0.25) is 5.02 Å². The predicted octanol–water partition coefficient (Wildman–Crippen LogP) is 3.34. The van der Waals surface area contributed by atoms with E-state index in [4.69, 9.17) is 16.0 Å². The van der Waals surface area contributed by atoms with Crippen LogP contribution in [0.15, 0.2) is 33.5 Å². The molecule has 3 rings (SSSR count). The topological polar surface area (TPSA) is 52.2 Å². The summed E-state index contributed by atoms with van der Waals surface area (Å²) in [7, 11) is 0. The molecule has 0 radical (unpaired) electrons. The number of oxazole rings is 1. The second-order valence-electron chi connectivity index (χ2n) is 5.54. The van der Waals surface area contributed by atoms with E-state index in [1.54, 1.807) is 35.8 Å². The van der Waals surface area contributed by atoms with Gasteiger partial charge >= 0.3 is 5.76 Å². The Labute approximate surface area is 127 Å². The number of carbonyl (C=O) groups is 1. The van der Waals surface area contributed by atoms with Gasteiger partial charge in [0.2, 0.25) is 0 Å². The minimum atomic E-state index is -0.404. The summed E-state index contributed by atoms with van der Waals surface area (Å²) >= 11 is 5.89. The molecule has 0 saturated carbocycles. The van der Waals surface area contributed by atoms with E-state index >= 15 is 0 Å². The van der Waals surface area contributed by atoms with Gasteiger partial charge in [0.25, 0.3) is 0 Å². The molecule has 0 amide bonds. The van der Waals surface area contributed by atoms with Crippen molar-refractivity contribution in [2.75, 3.05) is 0 Å². The lowest BCUT2D eigenvalue weighted by Crippen LogP contribution is -2.25. The molecule has 1 aromatic heterocycles. The number of hydrogen-bond acceptors (Lipinski definition) is 3. The van der Waals surface area contributed by atoms with E-state index < -0.39 is 5.76 Å². The minimum Gasteiger partial charge on any atom is -0.412 e. The first kappa shape index (κ1) is 14.1. The number of benzene rings is 1. The van der Waals surface area contributed by atoms with Crippen molar-refractivity contribution in [3.05, 3.63) is 51.3 Å². The lowest BCUT2D eigenvalue weighted by atomic mass is 9.79. The van der Waals surface area contributed by atoms with Crippen molar-refractivity contribution in [1.82, 2.24) is 4.57 Å². The van der Waals surface area contributed by atoms with E-state index in [0.29, 0.717) is 17.2 Å². The van der Waals surface area contributed by atoms with Crippen molar-refractivity contribution in [2.24, 2.45) is 5.92 Å².